The molecule has 5 nitrogen and oxygen atoms in total. The summed E-state index contributed by atoms with van der Waals surface area (Å²) in [6.45, 7) is 5.71. The highest BCUT2D eigenvalue weighted by molar-refractivity contribution is 5.62. The first-order chi connectivity index (χ1) is 12.1. The van der Waals surface area contributed by atoms with Crippen molar-refractivity contribution in [1.29, 1.82) is 0 Å². The lowest BCUT2D eigenvalue weighted by Crippen LogP contribution is -2.50. The number of aromatic nitrogens is 2. The fraction of sp³-hybridized carbons (Fsp3) is 0.550. The Morgan fingerprint density at radius 2 is 2.04 bits per heavy atom. The van der Waals surface area contributed by atoms with Crippen LogP contribution >= 0.6 is 0 Å². The monoisotopic (exact) mass is 341 g/mol. The van der Waals surface area contributed by atoms with E-state index in [0.29, 0.717) is 6.61 Å². The predicted octanol–water partition coefficient (Wildman–Crippen LogP) is 2.89. The number of aliphatic hydroxyl groups excluding tert-OH is 1. The number of hydrogen-bond donors (Lipinski definition) is 2. The Hall–Kier alpha value is -1.69. The summed E-state index contributed by atoms with van der Waals surface area (Å²) >= 11 is 0. The largest absolute Gasteiger partial charge is 0.393 e. The lowest BCUT2D eigenvalue weighted by atomic mass is 9.83. The van der Waals surface area contributed by atoms with E-state index in [-0.39, 0.29) is 11.7 Å². The quantitative estimate of drug-likeness (QED) is 0.901. The summed E-state index contributed by atoms with van der Waals surface area (Å²) < 4.78 is 6.06. The zero-order valence-electron chi connectivity index (χ0n) is 14.9. The van der Waals surface area contributed by atoms with Crippen molar-refractivity contribution in [2.45, 2.75) is 50.9 Å². The normalized spacial score (nSPS) is 23.8. The molecule has 0 amide bonds. The predicted molar refractivity (Wildman–Crippen MR) is 97.2 cm³/mol. The van der Waals surface area contributed by atoms with E-state index in [1.807, 2.05) is 6.20 Å². The third kappa shape index (κ3) is 3.64. The SMILES string of the molecule is Cc1ccc(-c2[nH]ncc2CN2CCC3(CC2)CC(O)CCO3)cc1. The smallest absolute Gasteiger partial charge is 0.0731 e. The van der Waals surface area contributed by atoms with Crippen LogP contribution in [0.4, 0.5) is 0 Å². The summed E-state index contributed by atoms with van der Waals surface area (Å²) in [4.78, 5) is 2.47. The summed E-state index contributed by atoms with van der Waals surface area (Å²) in [5.74, 6) is 0. The molecule has 1 spiro atoms. The number of nitrogens with zero attached hydrogens (tertiary/aromatic N) is 2. The Kier molecular flexibility index (Phi) is 4.63. The van der Waals surface area contributed by atoms with E-state index >= 15 is 0 Å². The third-order valence-corrected chi connectivity index (χ3v) is 5.69. The molecule has 1 aromatic heterocycles. The Bertz CT molecular complexity index is 702. The van der Waals surface area contributed by atoms with Crippen LogP contribution in [0.1, 0.15) is 36.8 Å². The highest BCUT2D eigenvalue weighted by atomic mass is 16.5. The molecule has 0 aliphatic carbocycles. The summed E-state index contributed by atoms with van der Waals surface area (Å²) in [5.41, 5.74) is 4.71. The van der Waals surface area contributed by atoms with E-state index in [0.717, 1.165) is 51.0 Å². The number of ether oxygens (including phenoxy) is 1. The molecule has 2 aliphatic rings. The van der Waals surface area contributed by atoms with Crippen molar-refractivity contribution in [1.82, 2.24) is 15.1 Å². The van der Waals surface area contributed by atoms with Crippen molar-refractivity contribution in [2.75, 3.05) is 19.7 Å². The lowest BCUT2D eigenvalue weighted by molar-refractivity contribution is -0.143. The molecule has 25 heavy (non-hydrogen) atoms. The average Bonchev–Trinajstić information content (AvgIpc) is 3.06. The number of nitrogens with one attached hydrogen (secondary N) is 1. The molecule has 134 valence electrons. The molecule has 2 N–H and O–H groups in total. The van der Waals surface area contributed by atoms with Gasteiger partial charge in [-0.1, -0.05) is 29.8 Å². The number of aryl methyl sites for hydroxylation is 1. The van der Waals surface area contributed by atoms with Crippen molar-refractivity contribution in [3.8, 4) is 11.3 Å². The minimum atomic E-state index is -0.192. The van der Waals surface area contributed by atoms with Gasteiger partial charge in [-0.3, -0.25) is 10.00 Å². The molecule has 0 saturated carbocycles. The Balaban J connectivity index is 1.41. The van der Waals surface area contributed by atoms with E-state index in [1.54, 1.807) is 0 Å². The van der Waals surface area contributed by atoms with Crippen molar-refractivity contribution < 1.29 is 9.84 Å². The number of piperidine rings is 1. The van der Waals surface area contributed by atoms with E-state index in [4.69, 9.17) is 4.74 Å². The first kappa shape index (κ1) is 16.8. The number of hydrogen-bond acceptors (Lipinski definition) is 4. The van der Waals surface area contributed by atoms with Crippen LogP contribution in [0.5, 0.6) is 0 Å². The van der Waals surface area contributed by atoms with Gasteiger partial charge in [-0.25, -0.2) is 0 Å². The second kappa shape index (κ2) is 6.90. The maximum atomic E-state index is 9.98. The maximum absolute atomic E-state index is 9.98. The van der Waals surface area contributed by atoms with Gasteiger partial charge in [-0.2, -0.15) is 5.10 Å². The number of H-pyrrole nitrogens is 1. The molecular formula is C20H27N3O2. The summed E-state index contributed by atoms with van der Waals surface area (Å²) in [6, 6.07) is 8.57. The molecule has 0 radical (unpaired) electrons. The van der Waals surface area contributed by atoms with Crippen LogP contribution in [-0.4, -0.2) is 51.6 Å². The van der Waals surface area contributed by atoms with Gasteiger partial charge in [0, 0.05) is 38.2 Å². The van der Waals surface area contributed by atoms with Crippen LogP contribution < -0.4 is 0 Å². The Morgan fingerprint density at radius 1 is 1.28 bits per heavy atom. The van der Waals surface area contributed by atoms with Crippen molar-refractivity contribution in [3.05, 3.63) is 41.6 Å². The van der Waals surface area contributed by atoms with Gasteiger partial charge in [0.05, 0.1) is 23.6 Å². The number of benzene rings is 1. The first-order valence-electron chi connectivity index (χ1n) is 9.27. The molecule has 2 aromatic rings. The van der Waals surface area contributed by atoms with Crippen molar-refractivity contribution >= 4 is 0 Å². The molecule has 2 fully saturated rings. The Morgan fingerprint density at radius 3 is 2.76 bits per heavy atom. The summed E-state index contributed by atoms with van der Waals surface area (Å²) in [5, 5.41) is 17.4. The van der Waals surface area contributed by atoms with Gasteiger partial charge in [0.1, 0.15) is 0 Å². The molecule has 4 rings (SSSR count). The highest BCUT2D eigenvalue weighted by Gasteiger charge is 2.39. The molecule has 1 aromatic carbocycles. The fourth-order valence-corrected chi connectivity index (χ4v) is 4.11. The second-order valence-electron chi connectivity index (χ2n) is 7.59. The molecule has 1 atom stereocenters. The van der Waals surface area contributed by atoms with Crippen LogP contribution in [0.15, 0.2) is 30.5 Å². The molecule has 1 unspecified atom stereocenters. The first-order valence-corrected chi connectivity index (χ1v) is 9.27. The summed E-state index contributed by atoms with van der Waals surface area (Å²) in [7, 11) is 0. The van der Waals surface area contributed by atoms with Crippen molar-refractivity contribution in [3.63, 3.8) is 0 Å². The van der Waals surface area contributed by atoms with E-state index < -0.39 is 0 Å². The van der Waals surface area contributed by atoms with Gasteiger partial charge < -0.3 is 9.84 Å². The zero-order valence-corrected chi connectivity index (χ0v) is 14.9. The third-order valence-electron chi connectivity index (χ3n) is 5.69. The van der Waals surface area contributed by atoms with Gasteiger partial charge in [-0.15, -0.1) is 0 Å². The minimum absolute atomic E-state index is 0.0929. The maximum Gasteiger partial charge on any atom is 0.0731 e. The van der Waals surface area contributed by atoms with Crippen LogP contribution in [0.2, 0.25) is 0 Å². The number of likely N-dealkylation sites (tertiary alicyclic amines) is 1. The van der Waals surface area contributed by atoms with E-state index in [9.17, 15) is 5.11 Å². The van der Waals surface area contributed by atoms with E-state index in [1.165, 1.54) is 16.7 Å². The number of aromatic amines is 1. The summed E-state index contributed by atoms with van der Waals surface area (Å²) in [6.07, 6.45) is 5.33. The molecule has 3 heterocycles. The van der Waals surface area contributed by atoms with Gasteiger partial charge in [0.15, 0.2) is 0 Å². The van der Waals surface area contributed by atoms with Gasteiger partial charge in [0.2, 0.25) is 0 Å². The number of rotatable bonds is 3. The topological polar surface area (TPSA) is 61.4 Å². The van der Waals surface area contributed by atoms with E-state index in [2.05, 4.69) is 46.3 Å². The zero-order chi connectivity index (χ0) is 17.3. The van der Waals surface area contributed by atoms with Crippen LogP contribution in [-0.2, 0) is 11.3 Å². The van der Waals surface area contributed by atoms with Crippen LogP contribution in [0.25, 0.3) is 11.3 Å². The molecule has 2 saturated heterocycles. The standard InChI is InChI=1S/C20H27N3O2/c1-15-2-4-16(5-3-15)19-17(13-21-22-19)14-23-9-7-20(8-10-23)12-18(24)6-11-25-20/h2-5,13,18,24H,6-12,14H2,1H3,(H,21,22). The molecule has 2 aliphatic heterocycles. The number of aliphatic hydroxyl groups is 1. The highest BCUT2D eigenvalue weighted by Crippen LogP contribution is 2.35. The minimum Gasteiger partial charge on any atom is -0.393 e. The molecule has 5 heteroatoms. The van der Waals surface area contributed by atoms with Gasteiger partial charge >= 0.3 is 0 Å². The Labute approximate surface area is 149 Å². The fourth-order valence-electron chi connectivity index (χ4n) is 4.11. The second-order valence-corrected chi connectivity index (χ2v) is 7.59. The molecule has 0 bridgehead atoms. The van der Waals surface area contributed by atoms with Crippen LogP contribution in [0.3, 0.4) is 0 Å². The van der Waals surface area contributed by atoms with Crippen molar-refractivity contribution in [2.24, 2.45) is 0 Å². The van der Waals surface area contributed by atoms with Gasteiger partial charge in [-0.05, 0) is 31.7 Å². The molecular weight excluding hydrogens is 314 g/mol. The average molecular weight is 341 g/mol. The van der Waals surface area contributed by atoms with Gasteiger partial charge in [0.25, 0.3) is 0 Å². The lowest BCUT2D eigenvalue weighted by Gasteiger charge is -2.45. The van der Waals surface area contributed by atoms with Crippen LogP contribution in [0, 0.1) is 6.92 Å².